The van der Waals surface area contributed by atoms with E-state index in [0.717, 1.165) is 11.8 Å². The summed E-state index contributed by atoms with van der Waals surface area (Å²) < 4.78 is 5.55. The van der Waals surface area contributed by atoms with Crippen molar-refractivity contribution in [2.75, 3.05) is 10.6 Å². The van der Waals surface area contributed by atoms with Gasteiger partial charge in [-0.1, -0.05) is 15.9 Å². The van der Waals surface area contributed by atoms with E-state index in [-0.39, 0.29) is 12.0 Å². The topological polar surface area (TPSA) is 51.2 Å². The Balaban J connectivity index is 2.11. The molecule has 80 valence electrons. The average molecular weight is 271 g/mol. The second-order valence-electron chi connectivity index (χ2n) is 3.28. The van der Waals surface area contributed by atoms with Crippen molar-refractivity contribution in [2.24, 2.45) is 0 Å². The first-order valence-corrected chi connectivity index (χ1v) is 5.92. The molecule has 1 aromatic heterocycles. The number of alkyl halides is 1. The van der Waals surface area contributed by atoms with Crippen LogP contribution in [-0.4, -0.2) is 22.3 Å². The van der Waals surface area contributed by atoms with Gasteiger partial charge in [-0.2, -0.15) is 0 Å². The zero-order chi connectivity index (χ0) is 10.7. The molecule has 5 heteroatoms. The number of aromatic nitrogens is 1. The molecule has 0 radical (unpaired) electrons. The summed E-state index contributed by atoms with van der Waals surface area (Å²) in [6.45, 7) is 0. The first kappa shape index (κ1) is 10.4. The molecule has 4 nitrogen and oxygen atoms in total. The van der Waals surface area contributed by atoms with Gasteiger partial charge in [-0.15, -0.1) is 0 Å². The van der Waals surface area contributed by atoms with E-state index in [1.807, 2.05) is 6.07 Å². The Morgan fingerprint density at radius 1 is 1.60 bits per heavy atom. The molecule has 1 atom stereocenters. The van der Waals surface area contributed by atoms with E-state index in [1.165, 1.54) is 0 Å². The van der Waals surface area contributed by atoms with Crippen molar-refractivity contribution < 1.29 is 9.53 Å². The average Bonchev–Trinajstić information content (AvgIpc) is 2.26. The Labute approximate surface area is 96.2 Å². The highest BCUT2D eigenvalue weighted by Crippen LogP contribution is 2.27. The Kier molecular flexibility index (Phi) is 3.20. The fourth-order valence-electron chi connectivity index (χ4n) is 1.44. The van der Waals surface area contributed by atoms with E-state index >= 15 is 0 Å². The van der Waals surface area contributed by atoms with Crippen LogP contribution >= 0.6 is 15.9 Å². The Bertz CT molecular complexity index is 370. The molecule has 1 aliphatic heterocycles. The minimum atomic E-state index is -0.390. The van der Waals surface area contributed by atoms with E-state index in [4.69, 9.17) is 4.74 Å². The molecule has 0 bridgehead atoms. The molecule has 1 amide bonds. The third kappa shape index (κ3) is 2.28. The Morgan fingerprint density at radius 2 is 2.47 bits per heavy atom. The molecule has 0 aliphatic carbocycles. The molecule has 1 aromatic rings. The van der Waals surface area contributed by atoms with Crippen LogP contribution in [0.4, 0.5) is 5.82 Å². The number of nitrogens with one attached hydrogen (secondary N) is 1. The molecule has 1 N–H and O–H groups in total. The number of halogens is 1. The predicted octanol–water partition coefficient (Wildman–Crippen LogP) is 1.96. The summed E-state index contributed by atoms with van der Waals surface area (Å²) in [5.74, 6) is 1.05. The minimum absolute atomic E-state index is 0.109. The van der Waals surface area contributed by atoms with Crippen LogP contribution in [0.15, 0.2) is 18.3 Å². The summed E-state index contributed by atoms with van der Waals surface area (Å²) >= 11 is 3.33. The molecule has 0 fully saturated rings. The maximum atomic E-state index is 11.6. The summed E-state index contributed by atoms with van der Waals surface area (Å²) in [5, 5.41) is 3.60. The van der Waals surface area contributed by atoms with Crippen molar-refractivity contribution in [1.29, 1.82) is 0 Å². The fraction of sp³-hybridized carbons (Fsp3) is 0.400. The third-order valence-corrected chi connectivity index (χ3v) is 2.73. The maximum absolute atomic E-state index is 11.6. The zero-order valence-corrected chi connectivity index (χ0v) is 9.66. The lowest BCUT2D eigenvalue weighted by molar-refractivity contribution is -0.123. The number of nitrogens with zero attached hydrogens (tertiary/aromatic N) is 1. The molecule has 0 aromatic carbocycles. The van der Waals surface area contributed by atoms with E-state index in [1.54, 1.807) is 12.3 Å². The lowest BCUT2D eigenvalue weighted by atomic mass is 10.1. The predicted molar refractivity (Wildman–Crippen MR) is 60.3 cm³/mol. The number of carbonyl (C=O) groups is 1. The summed E-state index contributed by atoms with van der Waals surface area (Å²) in [4.78, 5) is 15.6. The molecule has 2 rings (SSSR count). The van der Waals surface area contributed by atoms with Crippen LogP contribution in [-0.2, 0) is 4.79 Å². The van der Waals surface area contributed by atoms with Crippen LogP contribution in [0.1, 0.15) is 12.8 Å². The number of anilines is 1. The minimum Gasteiger partial charge on any atom is -0.477 e. The van der Waals surface area contributed by atoms with Crippen LogP contribution in [0.2, 0.25) is 0 Å². The second kappa shape index (κ2) is 4.61. The summed E-state index contributed by atoms with van der Waals surface area (Å²) in [6, 6.07) is 3.60. The number of ether oxygens (including phenoxy) is 1. The van der Waals surface area contributed by atoms with E-state index < -0.39 is 0 Å². The van der Waals surface area contributed by atoms with Gasteiger partial charge < -0.3 is 10.1 Å². The summed E-state index contributed by atoms with van der Waals surface area (Å²) in [7, 11) is 0. The molecular weight excluding hydrogens is 260 g/mol. The van der Waals surface area contributed by atoms with Crippen LogP contribution < -0.4 is 10.1 Å². The zero-order valence-electron chi connectivity index (χ0n) is 8.07. The van der Waals surface area contributed by atoms with Gasteiger partial charge in [0.15, 0.2) is 17.7 Å². The van der Waals surface area contributed by atoms with Crippen LogP contribution in [0.5, 0.6) is 5.75 Å². The highest BCUT2D eigenvalue weighted by atomic mass is 79.9. The van der Waals surface area contributed by atoms with E-state index in [9.17, 15) is 4.79 Å². The summed E-state index contributed by atoms with van der Waals surface area (Å²) in [5.41, 5.74) is 0. The smallest absolute Gasteiger partial charge is 0.266 e. The number of amides is 1. The molecule has 0 saturated heterocycles. The number of rotatable bonds is 3. The van der Waals surface area contributed by atoms with Gasteiger partial charge in [0.05, 0.1) is 0 Å². The monoisotopic (exact) mass is 270 g/mol. The SMILES string of the molecule is O=C1Nc2ncccc2O[C@@H]1CCCBr. The molecule has 2 heterocycles. The highest BCUT2D eigenvalue weighted by molar-refractivity contribution is 9.09. The number of pyridine rings is 1. The maximum Gasteiger partial charge on any atom is 0.266 e. The fourth-order valence-corrected chi connectivity index (χ4v) is 1.76. The Morgan fingerprint density at radius 3 is 3.27 bits per heavy atom. The van der Waals surface area contributed by atoms with Gasteiger partial charge in [0.25, 0.3) is 5.91 Å². The van der Waals surface area contributed by atoms with Crippen molar-refractivity contribution in [3.05, 3.63) is 18.3 Å². The number of hydrogen-bond acceptors (Lipinski definition) is 3. The first-order chi connectivity index (χ1) is 7.31. The van der Waals surface area contributed by atoms with Gasteiger partial charge in [-0.05, 0) is 25.0 Å². The summed E-state index contributed by atoms with van der Waals surface area (Å²) in [6.07, 6.45) is 2.86. The quantitative estimate of drug-likeness (QED) is 0.855. The first-order valence-electron chi connectivity index (χ1n) is 4.80. The van der Waals surface area contributed by atoms with Gasteiger partial charge >= 0.3 is 0 Å². The van der Waals surface area contributed by atoms with Crippen LogP contribution in [0, 0.1) is 0 Å². The van der Waals surface area contributed by atoms with E-state index in [2.05, 4.69) is 26.2 Å². The van der Waals surface area contributed by atoms with Crippen LogP contribution in [0.3, 0.4) is 0 Å². The van der Waals surface area contributed by atoms with Gasteiger partial charge in [-0.3, -0.25) is 4.79 Å². The van der Waals surface area contributed by atoms with Crippen molar-refractivity contribution in [1.82, 2.24) is 4.98 Å². The van der Waals surface area contributed by atoms with Crippen molar-refractivity contribution in [2.45, 2.75) is 18.9 Å². The number of fused-ring (bicyclic) bond motifs is 1. The largest absolute Gasteiger partial charge is 0.477 e. The van der Waals surface area contributed by atoms with Gasteiger partial charge in [-0.25, -0.2) is 4.98 Å². The van der Waals surface area contributed by atoms with Crippen molar-refractivity contribution in [3.63, 3.8) is 0 Å². The van der Waals surface area contributed by atoms with Gasteiger partial charge in [0.1, 0.15) is 0 Å². The van der Waals surface area contributed by atoms with Crippen molar-refractivity contribution in [3.8, 4) is 5.75 Å². The third-order valence-electron chi connectivity index (χ3n) is 2.17. The molecular formula is C10H11BrN2O2. The molecule has 0 unspecified atom stereocenters. The lowest BCUT2D eigenvalue weighted by Crippen LogP contribution is -2.37. The normalized spacial score (nSPS) is 19.0. The Hall–Kier alpha value is -1.10. The molecule has 0 spiro atoms. The standard InChI is InChI=1S/C10H11BrN2O2/c11-5-1-3-8-10(14)13-9-7(15-8)4-2-6-12-9/h2,4,6,8H,1,3,5H2,(H,12,13,14)/t8-/m1/s1. The highest BCUT2D eigenvalue weighted by Gasteiger charge is 2.27. The molecule has 1 aliphatic rings. The number of hydrogen-bond donors (Lipinski definition) is 1. The number of carbonyl (C=O) groups excluding carboxylic acids is 1. The lowest BCUT2D eigenvalue weighted by Gasteiger charge is -2.24. The van der Waals surface area contributed by atoms with E-state index in [0.29, 0.717) is 18.0 Å². The molecule has 0 saturated carbocycles. The van der Waals surface area contributed by atoms with Gasteiger partial charge in [0.2, 0.25) is 0 Å². The second-order valence-corrected chi connectivity index (χ2v) is 4.07. The van der Waals surface area contributed by atoms with Crippen molar-refractivity contribution >= 4 is 27.7 Å². The molecule has 15 heavy (non-hydrogen) atoms. The van der Waals surface area contributed by atoms with Crippen LogP contribution in [0.25, 0.3) is 0 Å². The van der Waals surface area contributed by atoms with Gasteiger partial charge in [0, 0.05) is 11.5 Å².